The molecule has 2 bridgehead atoms. The van der Waals surface area contributed by atoms with Gasteiger partial charge in [0.1, 0.15) is 0 Å². The number of hydrogen-bond acceptors (Lipinski definition) is 2. The van der Waals surface area contributed by atoms with Crippen LogP contribution in [0.25, 0.3) is 0 Å². The molecule has 1 heterocycles. The van der Waals surface area contributed by atoms with E-state index in [-0.39, 0.29) is 0 Å². The first-order valence-electron chi connectivity index (χ1n) is 6.72. The van der Waals surface area contributed by atoms with Gasteiger partial charge in [0, 0.05) is 17.3 Å². The summed E-state index contributed by atoms with van der Waals surface area (Å²) in [4.78, 5) is 0. The minimum Gasteiger partial charge on any atom is -0.310 e. The van der Waals surface area contributed by atoms with Gasteiger partial charge in [-0.1, -0.05) is 6.92 Å². The molecule has 0 aromatic carbocycles. The molecule has 0 aromatic heterocycles. The van der Waals surface area contributed by atoms with E-state index in [1.165, 1.54) is 12.2 Å². The van der Waals surface area contributed by atoms with Gasteiger partial charge in [-0.2, -0.15) is 11.8 Å². The van der Waals surface area contributed by atoms with Gasteiger partial charge in [-0.15, -0.1) is 0 Å². The summed E-state index contributed by atoms with van der Waals surface area (Å²) in [5.41, 5.74) is 0. The van der Waals surface area contributed by atoms with Crippen molar-refractivity contribution in [1.29, 1.82) is 0 Å². The number of rotatable bonds is 2. The van der Waals surface area contributed by atoms with Crippen LogP contribution in [-0.2, 0) is 0 Å². The van der Waals surface area contributed by atoms with E-state index in [2.05, 4.69) is 24.0 Å². The molecule has 15 heavy (non-hydrogen) atoms. The highest BCUT2D eigenvalue weighted by molar-refractivity contribution is 8.00. The molecule has 1 aliphatic heterocycles. The Hall–Kier alpha value is 0.310. The summed E-state index contributed by atoms with van der Waals surface area (Å²) in [6.07, 6.45) is 6.11. The summed E-state index contributed by atoms with van der Waals surface area (Å²) in [7, 11) is 0. The van der Waals surface area contributed by atoms with Crippen LogP contribution in [0.3, 0.4) is 0 Å². The molecule has 6 unspecified atom stereocenters. The van der Waals surface area contributed by atoms with Crippen molar-refractivity contribution in [3.63, 3.8) is 0 Å². The fourth-order valence-electron chi connectivity index (χ4n) is 4.75. The molecule has 1 saturated heterocycles. The van der Waals surface area contributed by atoms with Crippen LogP contribution < -0.4 is 5.32 Å². The molecule has 0 radical (unpaired) electrons. The van der Waals surface area contributed by atoms with Gasteiger partial charge in [0.15, 0.2) is 0 Å². The average Bonchev–Trinajstić information content (AvgIpc) is 2.62. The molecule has 3 aliphatic carbocycles. The summed E-state index contributed by atoms with van der Waals surface area (Å²) in [6, 6.07) is 1.78. The first-order chi connectivity index (χ1) is 7.34. The zero-order chi connectivity index (χ0) is 9.99. The molecule has 2 heteroatoms. The predicted octanol–water partition coefficient (Wildman–Crippen LogP) is 2.51. The van der Waals surface area contributed by atoms with Crippen molar-refractivity contribution in [1.82, 2.24) is 5.32 Å². The van der Waals surface area contributed by atoms with Crippen molar-refractivity contribution in [3.8, 4) is 0 Å². The Morgan fingerprint density at radius 1 is 1.07 bits per heavy atom. The van der Waals surface area contributed by atoms with Gasteiger partial charge < -0.3 is 5.32 Å². The zero-order valence-electron chi connectivity index (χ0n) is 9.49. The van der Waals surface area contributed by atoms with Crippen molar-refractivity contribution >= 4 is 11.8 Å². The van der Waals surface area contributed by atoms with Crippen LogP contribution >= 0.6 is 11.8 Å². The van der Waals surface area contributed by atoms with Crippen molar-refractivity contribution in [2.75, 3.05) is 5.75 Å². The maximum absolute atomic E-state index is 3.98. The van der Waals surface area contributed by atoms with Crippen LogP contribution in [0, 0.1) is 23.7 Å². The fraction of sp³-hybridized carbons (Fsp3) is 1.00. The Morgan fingerprint density at radius 2 is 1.80 bits per heavy atom. The predicted molar refractivity (Wildman–Crippen MR) is 65.1 cm³/mol. The molecule has 0 amide bonds. The van der Waals surface area contributed by atoms with Gasteiger partial charge in [0.25, 0.3) is 0 Å². The number of nitrogens with one attached hydrogen (secondary N) is 1. The van der Waals surface area contributed by atoms with Gasteiger partial charge in [0.2, 0.25) is 0 Å². The van der Waals surface area contributed by atoms with Crippen LogP contribution in [0.4, 0.5) is 0 Å². The molecule has 4 aliphatic rings. The average molecular weight is 223 g/mol. The van der Waals surface area contributed by atoms with Gasteiger partial charge in [0.05, 0.1) is 0 Å². The SMILES string of the molecule is CC1SCCC1NC1C2C3CCC(C3)C12. The number of thioether (sulfide) groups is 1. The van der Waals surface area contributed by atoms with Crippen LogP contribution in [0.5, 0.6) is 0 Å². The van der Waals surface area contributed by atoms with E-state index in [1.807, 2.05) is 0 Å². The van der Waals surface area contributed by atoms with E-state index in [9.17, 15) is 0 Å². The van der Waals surface area contributed by atoms with Gasteiger partial charge in [-0.25, -0.2) is 0 Å². The topological polar surface area (TPSA) is 12.0 Å². The highest BCUT2D eigenvalue weighted by Crippen LogP contribution is 2.65. The molecule has 0 aromatic rings. The lowest BCUT2D eigenvalue weighted by molar-refractivity contribution is 0.415. The molecule has 0 spiro atoms. The summed E-state index contributed by atoms with van der Waals surface area (Å²) < 4.78 is 0. The highest BCUT2D eigenvalue weighted by Gasteiger charge is 2.65. The molecule has 4 rings (SSSR count). The Morgan fingerprint density at radius 3 is 2.40 bits per heavy atom. The molecule has 4 fully saturated rings. The second kappa shape index (κ2) is 3.16. The minimum absolute atomic E-state index is 0.838. The molecular formula is C13H21NS. The highest BCUT2D eigenvalue weighted by atomic mass is 32.2. The van der Waals surface area contributed by atoms with E-state index in [0.717, 1.165) is 41.0 Å². The first-order valence-corrected chi connectivity index (χ1v) is 7.77. The van der Waals surface area contributed by atoms with Gasteiger partial charge in [-0.05, 0) is 55.1 Å². The third kappa shape index (κ3) is 1.27. The van der Waals surface area contributed by atoms with E-state index in [0.29, 0.717) is 0 Å². The Labute approximate surface area is 96.8 Å². The normalized spacial score (nSPS) is 61.0. The Balaban J connectivity index is 1.41. The number of hydrogen-bond donors (Lipinski definition) is 1. The Bertz CT molecular complexity index is 264. The summed E-state index contributed by atoms with van der Waals surface area (Å²) in [6.45, 7) is 2.40. The zero-order valence-corrected chi connectivity index (χ0v) is 10.3. The van der Waals surface area contributed by atoms with Crippen molar-refractivity contribution in [3.05, 3.63) is 0 Å². The summed E-state index contributed by atoms with van der Waals surface area (Å²) in [5.74, 6) is 5.86. The van der Waals surface area contributed by atoms with Gasteiger partial charge >= 0.3 is 0 Å². The van der Waals surface area contributed by atoms with E-state index in [1.54, 1.807) is 19.3 Å². The smallest absolute Gasteiger partial charge is 0.0194 e. The van der Waals surface area contributed by atoms with Crippen molar-refractivity contribution < 1.29 is 0 Å². The van der Waals surface area contributed by atoms with E-state index in [4.69, 9.17) is 0 Å². The quantitative estimate of drug-likeness (QED) is 0.772. The van der Waals surface area contributed by atoms with E-state index < -0.39 is 0 Å². The lowest BCUT2D eigenvalue weighted by atomic mass is 10.0. The van der Waals surface area contributed by atoms with Crippen molar-refractivity contribution in [2.45, 2.75) is 49.9 Å². The van der Waals surface area contributed by atoms with Crippen molar-refractivity contribution in [2.24, 2.45) is 23.7 Å². The van der Waals surface area contributed by atoms with Crippen LogP contribution in [0.1, 0.15) is 32.6 Å². The van der Waals surface area contributed by atoms with Crippen LogP contribution in [-0.4, -0.2) is 23.1 Å². The summed E-state index contributed by atoms with van der Waals surface area (Å²) >= 11 is 2.16. The minimum atomic E-state index is 0.838. The third-order valence-electron chi connectivity index (χ3n) is 5.52. The summed E-state index contributed by atoms with van der Waals surface area (Å²) in [5, 5.41) is 4.85. The maximum Gasteiger partial charge on any atom is 0.0194 e. The van der Waals surface area contributed by atoms with Crippen LogP contribution in [0.2, 0.25) is 0 Å². The van der Waals surface area contributed by atoms with E-state index >= 15 is 0 Å². The molecule has 1 nitrogen and oxygen atoms in total. The van der Waals surface area contributed by atoms with Gasteiger partial charge in [-0.3, -0.25) is 0 Å². The maximum atomic E-state index is 3.98. The molecule has 1 N–H and O–H groups in total. The standard InChI is InChI=1S/C13H21NS/c1-7-10(4-5-15-7)14-13-11-8-2-3-9(6-8)12(11)13/h7-14H,2-6H2,1H3. The van der Waals surface area contributed by atoms with Crippen LogP contribution in [0.15, 0.2) is 0 Å². The second-order valence-corrected chi connectivity index (χ2v) is 7.64. The first kappa shape index (κ1) is 9.35. The molecule has 84 valence electrons. The molecular weight excluding hydrogens is 202 g/mol. The fourth-order valence-corrected chi connectivity index (χ4v) is 5.95. The lowest BCUT2D eigenvalue weighted by Gasteiger charge is -2.19. The molecule has 3 saturated carbocycles. The lowest BCUT2D eigenvalue weighted by Crippen LogP contribution is -2.37. The second-order valence-electron chi connectivity index (χ2n) is 6.15. The Kier molecular flexibility index (Phi) is 1.97. The largest absolute Gasteiger partial charge is 0.310 e. The monoisotopic (exact) mass is 223 g/mol. The number of fused-ring (bicyclic) bond motifs is 5. The molecule has 6 atom stereocenters. The third-order valence-corrected chi connectivity index (χ3v) is 6.84.